The second-order valence-corrected chi connectivity index (χ2v) is 5.32. The highest BCUT2D eigenvalue weighted by atomic mass is 35.5. The molecule has 0 saturated carbocycles. The average Bonchev–Trinajstić information content (AvgIpc) is 2.74. The van der Waals surface area contributed by atoms with Crippen LogP contribution in [0.4, 0.5) is 0 Å². The zero-order chi connectivity index (χ0) is 14.7. The topological polar surface area (TPSA) is 72.9 Å². The Bertz CT molecular complexity index is 613. The highest BCUT2D eigenvalue weighted by Crippen LogP contribution is 2.19. The van der Waals surface area contributed by atoms with E-state index in [0.717, 1.165) is 16.9 Å². The molecule has 3 N–H and O–H groups in total. The maximum atomic E-state index is 11.9. The van der Waals surface area contributed by atoms with Crippen LogP contribution in [-0.4, -0.2) is 21.5 Å². The molecule has 0 radical (unpaired) electrons. The van der Waals surface area contributed by atoms with Crippen molar-refractivity contribution in [3.8, 4) is 0 Å². The Kier molecular flexibility index (Phi) is 8.45. The number of nitrogens with zero attached hydrogens (tertiary/aromatic N) is 2. The molecule has 1 heterocycles. The van der Waals surface area contributed by atoms with Gasteiger partial charge in [0.15, 0.2) is 0 Å². The number of rotatable bonds is 5. The lowest BCUT2D eigenvalue weighted by Gasteiger charge is -2.14. The molecule has 1 aromatic heterocycles. The number of para-hydroxylation sites is 2. The van der Waals surface area contributed by atoms with Gasteiger partial charge in [-0.1, -0.05) is 12.1 Å². The summed E-state index contributed by atoms with van der Waals surface area (Å²) in [6.07, 6.45) is 1.15. The molecule has 2 aromatic rings. The van der Waals surface area contributed by atoms with Crippen LogP contribution < -0.4 is 11.1 Å². The number of aryl methyl sites for hydroxylation is 1. The smallest absolute Gasteiger partial charge is 0.220 e. The molecule has 124 valence electrons. The van der Waals surface area contributed by atoms with E-state index in [1.165, 1.54) is 0 Å². The summed E-state index contributed by atoms with van der Waals surface area (Å²) in [6.45, 7) is 3.85. The third-order valence-electron chi connectivity index (χ3n) is 3.41. The Hall–Kier alpha value is -1.30. The van der Waals surface area contributed by atoms with E-state index in [1.807, 2.05) is 49.7 Å². The minimum absolute atomic E-state index is 0. The van der Waals surface area contributed by atoms with E-state index < -0.39 is 0 Å². The number of nitrogens with two attached hydrogens (primary N) is 1. The van der Waals surface area contributed by atoms with Gasteiger partial charge in [0.05, 0.1) is 17.1 Å². The number of carbonyl (C=O) groups is 1. The van der Waals surface area contributed by atoms with Gasteiger partial charge in [-0.3, -0.25) is 4.79 Å². The van der Waals surface area contributed by atoms with Gasteiger partial charge in [0.1, 0.15) is 5.82 Å². The van der Waals surface area contributed by atoms with Crippen molar-refractivity contribution in [2.45, 2.75) is 38.8 Å². The van der Waals surface area contributed by atoms with Gasteiger partial charge in [-0.15, -0.1) is 24.8 Å². The zero-order valence-corrected chi connectivity index (χ0v) is 14.7. The molecule has 0 bridgehead atoms. The van der Waals surface area contributed by atoms with E-state index in [9.17, 15) is 4.79 Å². The molecule has 1 amide bonds. The van der Waals surface area contributed by atoms with Gasteiger partial charge >= 0.3 is 0 Å². The lowest BCUT2D eigenvalue weighted by atomic mass is 10.2. The van der Waals surface area contributed by atoms with Crippen molar-refractivity contribution in [3.63, 3.8) is 0 Å². The molecule has 0 saturated heterocycles. The number of hydrogen-bond acceptors (Lipinski definition) is 3. The number of hydrogen-bond donors (Lipinski definition) is 2. The predicted molar refractivity (Wildman–Crippen MR) is 94.7 cm³/mol. The van der Waals surface area contributed by atoms with Crippen LogP contribution in [0.15, 0.2) is 24.3 Å². The molecule has 0 fully saturated rings. The summed E-state index contributed by atoms with van der Waals surface area (Å²) in [5, 5.41) is 2.98. The van der Waals surface area contributed by atoms with Crippen LogP contribution in [0.2, 0.25) is 0 Å². The highest BCUT2D eigenvalue weighted by Gasteiger charge is 2.16. The molecule has 22 heavy (non-hydrogen) atoms. The minimum atomic E-state index is -0.118. The third-order valence-corrected chi connectivity index (χ3v) is 3.41. The molecule has 0 aliphatic carbocycles. The highest BCUT2D eigenvalue weighted by molar-refractivity contribution is 5.85. The fourth-order valence-electron chi connectivity index (χ4n) is 2.29. The Labute approximate surface area is 143 Å². The molecule has 0 aliphatic rings. The van der Waals surface area contributed by atoms with Crippen molar-refractivity contribution >= 4 is 41.8 Å². The summed E-state index contributed by atoms with van der Waals surface area (Å²) in [7, 11) is 1.97. The SMILES string of the molecule is CC(N)CCC(=O)NC(C)c1nc2ccccc2n1C.Cl.Cl. The van der Waals surface area contributed by atoms with E-state index >= 15 is 0 Å². The fraction of sp³-hybridized carbons (Fsp3) is 0.467. The van der Waals surface area contributed by atoms with Crippen LogP contribution in [0.3, 0.4) is 0 Å². The van der Waals surface area contributed by atoms with Crippen LogP contribution >= 0.6 is 24.8 Å². The number of carbonyl (C=O) groups excluding carboxylic acids is 1. The van der Waals surface area contributed by atoms with E-state index in [2.05, 4.69) is 10.3 Å². The number of benzene rings is 1. The molecule has 7 heteroatoms. The van der Waals surface area contributed by atoms with Crippen LogP contribution in [0.1, 0.15) is 38.6 Å². The first kappa shape index (κ1) is 20.7. The maximum absolute atomic E-state index is 11.9. The summed E-state index contributed by atoms with van der Waals surface area (Å²) >= 11 is 0. The predicted octanol–water partition coefficient (Wildman–Crippen LogP) is 2.72. The average molecular weight is 347 g/mol. The largest absolute Gasteiger partial charge is 0.346 e. The number of imidazole rings is 1. The van der Waals surface area contributed by atoms with Crippen LogP contribution in [0.5, 0.6) is 0 Å². The monoisotopic (exact) mass is 346 g/mol. The number of halogens is 2. The Morgan fingerprint density at radius 2 is 1.95 bits per heavy atom. The van der Waals surface area contributed by atoms with Crippen molar-refractivity contribution in [2.75, 3.05) is 0 Å². The Balaban J connectivity index is 0.00000220. The molecule has 2 atom stereocenters. The number of fused-ring (bicyclic) bond motifs is 1. The second-order valence-electron chi connectivity index (χ2n) is 5.32. The van der Waals surface area contributed by atoms with Crippen LogP contribution in [0.25, 0.3) is 11.0 Å². The molecule has 0 spiro atoms. The van der Waals surface area contributed by atoms with E-state index in [4.69, 9.17) is 5.73 Å². The lowest BCUT2D eigenvalue weighted by Crippen LogP contribution is -2.29. The van der Waals surface area contributed by atoms with Gasteiger partial charge in [-0.05, 0) is 32.4 Å². The van der Waals surface area contributed by atoms with E-state index in [1.54, 1.807) is 0 Å². The maximum Gasteiger partial charge on any atom is 0.220 e. The molecule has 2 rings (SSSR count). The van der Waals surface area contributed by atoms with E-state index in [-0.39, 0.29) is 42.8 Å². The number of aromatic nitrogens is 2. The normalized spacial score (nSPS) is 12.9. The molecule has 5 nitrogen and oxygen atoms in total. The summed E-state index contributed by atoms with van der Waals surface area (Å²) in [5.74, 6) is 0.877. The van der Waals surface area contributed by atoms with Gasteiger partial charge < -0.3 is 15.6 Å². The summed E-state index contributed by atoms with van der Waals surface area (Å²) < 4.78 is 2.02. The third kappa shape index (κ3) is 4.87. The first-order chi connectivity index (χ1) is 9.49. The van der Waals surface area contributed by atoms with Crippen LogP contribution in [0, 0.1) is 0 Å². The summed E-state index contributed by atoms with van der Waals surface area (Å²) in [4.78, 5) is 16.4. The number of amides is 1. The van der Waals surface area contributed by atoms with Crippen molar-refractivity contribution in [1.29, 1.82) is 0 Å². The fourth-order valence-corrected chi connectivity index (χ4v) is 2.29. The van der Waals surface area contributed by atoms with Gasteiger partial charge in [0.25, 0.3) is 0 Å². The number of nitrogens with one attached hydrogen (secondary N) is 1. The zero-order valence-electron chi connectivity index (χ0n) is 13.1. The van der Waals surface area contributed by atoms with Crippen molar-refractivity contribution in [2.24, 2.45) is 12.8 Å². The summed E-state index contributed by atoms with van der Waals surface area (Å²) in [5.41, 5.74) is 7.68. The van der Waals surface area contributed by atoms with Crippen LogP contribution in [-0.2, 0) is 11.8 Å². The minimum Gasteiger partial charge on any atom is -0.346 e. The molecule has 0 aliphatic heterocycles. The molecular formula is C15H24Cl2N4O. The second kappa shape index (κ2) is 8.98. The van der Waals surface area contributed by atoms with E-state index in [0.29, 0.717) is 12.8 Å². The quantitative estimate of drug-likeness (QED) is 0.873. The standard InChI is InChI=1S/C15H22N4O.2ClH/c1-10(16)8-9-14(20)17-11(2)15-18-12-6-4-5-7-13(12)19(15)3;;/h4-7,10-11H,8-9,16H2,1-3H3,(H,17,20);2*1H. The Morgan fingerprint density at radius 3 is 2.55 bits per heavy atom. The Morgan fingerprint density at radius 1 is 1.32 bits per heavy atom. The van der Waals surface area contributed by atoms with Crippen molar-refractivity contribution < 1.29 is 4.79 Å². The van der Waals surface area contributed by atoms with Crippen molar-refractivity contribution in [1.82, 2.24) is 14.9 Å². The first-order valence-electron chi connectivity index (χ1n) is 6.95. The lowest BCUT2D eigenvalue weighted by molar-refractivity contribution is -0.121. The van der Waals surface area contributed by atoms with Gasteiger partial charge in [-0.25, -0.2) is 4.98 Å². The molecular weight excluding hydrogens is 323 g/mol. The van der Waals surface area contributed by atoms with Gasteiger partial charge in [-0.2, -0.15) is 0 Å². The molecule has 2 unspecified atom stereocenters. The summed E-state index contributed by atoms with van der Waals surface area (Å²) in [6, 6.07) is 7.88. The van der Waals surface area contributed by atoms with Gasteiger partial charge in [0.2, 0.25) is 5.91 Å². The molecule has 1 aromatic carbocycles. The van der Waals surface area contributed by atoms with Crippen molar-refractivity contribution in [3.05, 3.63) is 30.1 Å². The first-order valence-corrected chi connectivity index (χ1v) is 6.95. The van der Waals surface area contributed by atoms with Gasteiger partial charge in [0, 0.05) is 19.5 Å².